The first-order valence-corrected chi connectivity index (χ1v) is 6.93. The average Bonchev–Trinajstić information content (AvgIpc) is 2.38. The number of piperazine rings is 1. The molecule has 2 rings (SSSR count). The molecule has 1 aliphatic heterocycles. The molecule has 21 heavy (non-hydrogen) atoms. The zero-order chi connectivity index (χ0) is 14.8. The van der Waals surface area contributed by atoms with Crippen molar-refractivity contribution < 1.29 is 9.53 Å². The van der Waals surface area contributed by atoms with Crippen molar-refractivity contribution in [3.8, 4) is 0 Å². The smallest absolute Gasteiger partial charge is 0.410 e. The molecule has 1 aromatic rings. The highest BCUT2D eigenvalue weighted by molar-refractivity contribution is 5.85. The molecule has 0 bridgehead atoms. The van der Waals surface area contributed by atoms with E-state index < -0.39 is 5.60 Å². The molecule has 1 amide bonds. The lowest BCUT2D eigenvalue weighted by Crippen LogP contribution is -2.50. The number of benzene rings is 1. The minimum atomic E-state index is -0.439. The third-order valence-electron chi connectivity index (χ3n) is 3.19. The first-order valence-electron chi connectivity index (χ1n) is 6.93. The first kappa shape index (κ1) is 17.4. The van der Waals surface area contributed by atoms with E-state index in [4.69, 9.17) is 10.5 Å². The summed E-state index contributed by atoms with van der Waals surface area (Å²) < 4.78 is 5.39. The van der Waals surface area contributed by atoms with Gasteiger partial charge in [-0.15, -0.1) is 12.4 Å². The van der Waals surface area contributed by atoms with Gasteiger partial charge in [0, 0.05) is 37.6 Å². The van der Waals surface area contributed by atoms with Crippen LogP contribution >= 0.6 is 12.4 Å². The van der Waals surface area contributed by atoms with E-state index in [2.05, 4.69) is 4.90 Å². The Morgan fingerprint density at radius 1 is 1.10 bits per heavy atom. The Bertz CT molecular complexity index is 463. The van der Waals surface area contributed by atoms with Gasteiger partial charge in [0.25, 0.3) is 0 Å². The number of carbonyl (C=O) groups is 1. The average molecular weight is 314 g/mol. The highest BCUT2D eigenvalue weighted by Gasteiger charge is 2.25. The zero-order valence-electron chi connectivity index (χ0n) is 12.8. The highest BCUT2D eigenvalue weighted by Crippen LogP contribution is 2.19. The van der Waals surface area contributed by atoms with Gasteiger partial charge in [-0.1, -0.05) is 0 Å². The molecule has 1 saturated heterocycles. The van der Waals surface area contributed by atoms with Gasteiger partial charge in [0.1, 0.15) is 5.60 Å². The van der Waals surface area contributed by atoms with Gasteiger partial charge in [0.15, 0.2) is 0 Å². The standard InChI is InChI=1S/C15H23N3O2.ClH/c1-15(2,3)20-14(19)18-10-8-17(9-11-18)13-6-4-12(16)5-7-13;/h4-7H,8-11,16H2,1-3H3;1H. The molecule has 1 heterocycles. The SMILES string of the molecule is CC(C)(C)OC(=O)N1CCN(c2ccc(N)cc2)CC1.Cl. The van der Waals surface area contributed by atoms with E-state index in [9.17, 15) is 4.79 Å². The van der Waals surface area contributed by atoms with Crippen molar-refractivity contribution in [3.05, 3.63) is 24.3 Å². The maximum Gasteiger partial charge on any atom is 0.410 e. The monoisotopic (exact) mass is 313 g/mol. The molecule has 118 valence electrons. The van der Waals surface area contributed by atoms with Gasteiger partial charge in [0.05, 0.1) is 0 Å². The van der Waals surface area contributed by atoms with Crippen molar-refractivity contribution >= 4 is 29.9 Å². The number of carbonyl (C=O) groups excluding carboxylic acids is 1. The van der Waals surface area contributed by atoms with Crippen molar-refractivity contribution in [1.82, 2.24) is 4.90 Å². The predicted molar refractivity (Wildman–Crippen MR) is 88.1 cm³/mol. The fraction of sp³-hybridized carbons (Fsp3) is 0.533. The van der Waals surface area contributed by atoms with Crippen LogP contribution in [0.2, 0.25) is 0 Å². The molecular formula is C15H24ClN3O2. The Labute approximate surface area is 132 Å². The van der Waals surface area contributed by atoms with Crippen LogP contribution in [0.5, 0.6) is 0 Å². The summed E-state index contributed by atoms with van der Waals surface area (Å²) in [5, 5.41) is 0. The van der Waals surface area contributed by atoms with Crippen LogP contribution in [0.3, 0.4) is 0 Å². The quantitative estimate of drug-likeness (QED) is 0.810. The second-order valence-corrected chi connectivity index (χ2v) is 6.05. The number of nitrogens with zero attached hydrogens (tertiary/aromatic N) is 2. The van der Waals surface area contributed by atoms with Crippen LogP contribution in [0.15, 0.2) is 24.3 Å². The summed E-state index contributed by atoms with van der Waals surface area (Å²) in [6.07, 6.45) is -0.227. The molecule has 1 fully saturated rings. The number of nitrogen functional groups attached to an aromatic ring is 1. The molecule has 1 aliphatic rings. The van der Waals surface area contributed by atoms with E-state index in [1.165, 1.54) is 0 Å². The molecule has 0 saturated carbocycles. The number of ether oxygens (including phenoxy) is 1. The zero-order valence-corrected chi connectivity index (χ0v) is 13.7. The number of halogens is 1. The summed E-state index contributed by atoms with van der Waals surface area (Å²) in [7, 11) is 0. The van der Waals surface area contributed by atoms with E-state index in [1.54, 1.807) is 4.90 Å². The normalized spacial score (nSPS) is 15.4. The molecule has 2 N–H and O–H groups in total. The lowest BCUT2D eigenvalue weighted by Gasteiger charge is -2.36. The maximum atomic E-state index is 12.0. The van der Waals surface area contributed by atoms with Crippen molar-refractivity contribution in [1.29, 1.82) is 0 Å². The Balaban J connectivity index is 0.00000220. The maximum absolute atomic E-state index is 12.0. The van der Waals surface area contributed by atoms with Gasteiger partial charge < -0.3 is 20.3 Å². The van der Waals surface area contributed by atoms with Gasteiger partial charge in [-0.25, -0.2) is 4.79 Å². The first-order chi connectivity index (χ1) is 9.35. The summed E-state index contributed by atoms with van der Waals surface area (Å²) in [4.78, 5) is 16.0. The Morgan fingerprint density at radius 3 is 2.10 bits per heavy atom. The highest BCUT2D eigenvalue weighted by atomic mass is 35.5. The summed E-state index contributed by atoms with van der Waals surface area (Å²) in [6.45, 7) is 8.63. The van der Waals surface area contributed by atoms with Crippen LogP contribution in [0, 0.1) is 0 Å². The topological polar surface area (TPSA) is 58.8 Å². The van der Waals surface area contributed by atoms with Gasteiger partial charge >= 0.3 is 6.09 Å². The van der Waals surface area contributed by atoms with E-state index in [0.717, 1.165) is 24.5 Å². The summed E-state index contributed by atoms with van der Waals surface area (Å²) in [6, 6.07) is 7.82. The van der Waals surface area contributed by atoms with E-state index in [0.29, 0.717) is 13.1 Å². The molecule has 0 unspecified atom stereocenters. The van der Waals surface area contributed by atoms with Gasteiger partial charge in [0.2, 0.25) is 0 Å². The van der Waals surface area contributed by atoms with E-state index >= 15 is 0 Å². The fourth-order valence-corrected chi connectivity index (χ4v) is 2.16. The van der Waals surface area contributed by atoms with Crippen molar-refractivity contribution in [2.45, 2.75) is 26.4 Å². The summed E-state index contributed by atoms with van der Waals surface area (Å²) >= 11 is 0. The Hall–Kier alpha value is -1.62. The molecule has 1 aromatic carbocycles. The lowest BCUT2D eigenvalue weighted by molar-refractivity contribution is 0.0240. The van der Waals surface area contributed by atoms with Crippen LogP contribution in [0.4, 0.5) is 16.2 Å². The van der Waals surface area contributed by atoms with Gasteiger partial charge in [-0.05, 0) is 45.0 Å². The summed E-state index contributed by atoms with van der Waals surface area (Å²) in [5.41, 5.74) is 7.16. The number of anilines is 2. The minimum Gasteiger partial charge on any atom is -0.444 e. The Kier molecular flexibility index (Phi) is 5.72. The molecular weight excluding hydrogens is 290 g/mol. The molecule has 0 atom stereocenters. The third kappa shape index (κ3) is 5.01. The van der Waals surface area contributed by atoms with E-state index in [-0.39, 0.29) is 18.5 Å². The van der Waals surface area contributed by atoms with Crippen LogP contribution in [0.1, 0.15) is 20.8 Å². The molecule has 5 nitrogen and oxygen atoms in total. The third-order valence-corrected chi connectivity index (χ3v) is 3.19. The number of amides is 1. The molecule has 0 spiro atoms. The van der Waals surface area contributed by atoms with E-state index in [1.807, 2.05) is 45.0 Å². The number of rotatable bonds is 1. The second kappa shape index (κ2) is 6.89. The van der Waals surface area contributed by atoms with Crippen molar-refractivity contribution in [3.63, 3.8) is 0 Å². The molecule has 0 radical (unpaired) electrons. The Morgan fingerprint density at radius 2 is 1.62 bits per heavy atom. The summed E-state index contributed by atoms with van der Waals surface area (Å²) in [5.74, 6) is 0. The van der Waals surface area contributed by atoms with Crippen LogP contribution in [-0.4, -0.2) is 42.8 Å². The molecule has 6 heteroatoms. The number of hydrogen-bond donors (Lipinski definition) is 1. The van der Waals surface area contributed by atoms with Crippen LogP contribution in [-0.2, 0) is 4.74 Å². The molecule has 0 aliphatic carbocycles. The van der Waals surface area contributed by atoms with Crippen molar-refractivity contribution in [2.24, 2.45) is 0 Å². The largest absolute Gasteiger partial charge is 0.444 e. The minimum absolute atomic E-state index is 0. The van der Waals surface area contributed by atoms with Gasteiger partial charge in [-0.2, -0.15) is 0 Å². The van der Waals surface area contributed by atoms with Crippen LogP contribution in [0.25, 0.3) is 0 Å². The number of hydrogen-bond acceptors (Lipinski definition) is 4. The fourth-order valence-electron chi connectivity index (χ4n) is 2.16. The predicted octanol–water partition coefficient (Wildman–Crippen LogP) is 2.75. The molecule has 0 aromatic heterocycles. The van der Waals surface area contributed by atoms with Crippen LogP contribution < -0.4 is 10.6 Å². The lowest BCUT2D eigenvalue weighted by atomic mass is 10.2. The van der Waals surface area contributed by atoms with Crippen molar-refractivity contribution in [2.75, 3.05) is 36.8 Å². The number of nitrogens with two attached hydrogens (primary N) is 1. The second-order valence-electron chi connectivity index (χ2n) is 6.05. The van der Waals surface area contributed by atoms with Gasteiger partial charge in [-0.3, -0.25) is 0 Å².